The number of hydrogen-bond donors (Lipinski definition) is 1. The molecule has 0 bridgehead atoms. The first-order valence-corrected chi connectivity index (χ1v) is 6.05. The summed E-state index contributed by atoms with van der Waals surface area (Å²) in [5, 5.41) is 9.72. The molecular weight excluding hydrogens is 176 g/mol. The van der Waals surface area contributed by atoms with Crippen LogP contribution in [0.25, 0.3) is 0 Å². The zero-order valence-electron chi connectivity index (χ0n) is 9.96. The van der Waals surface area contributed by atoms with Crippen LogP contribution in [-0.2, 0) is 4.74 Å². The fraction of sp³-hybridized carbons (Fsp3) is 1.00. The summed E-state index contributed by atoms with van der Waals surface area (Å²) in [4.78, 5) is 0. The van der Waals surface area contributed by atoms with Crippen LogP contribution in [0, 0.1) is 5.92 Å². The number of aliphatic hydroxyl groups is 1. The van der Waals surface area contributed by atoms with Gasteiger partial charge in [-0.25, -0.2) is 0 Å². The lowest BCUT2D eigenvalue weighted by atomic mass is 9.96. The van der Waals surface area contributed by atoms with Crippen molar-refractivity contribution < 1.29 is 9.84 Å². The lowest BCUT2D eigenvalue weighted by Gasteiger charge is -2.22. The molecule has 0 saturated heterocycles. The van der Waals surface area contributed by atoms with Gasteiger partial charge in [-0.3, -0.25) is 0 Å². The average molecular weight is 202 g/mol. The summed E-state index contributed by atoms with van der Waals surface area (Å²) in [5.74, 6) is 0.339. The summed E-state index contributed by atoms with van der Waals surface area (Å²) in [6.45, 7) is 6.90. The number of aliphatic hydroxyl groups excluding tert-OH is 1. The van der Waals surface area contributed by atoms with Crippen molar-refractivity contribution in [1.29, 1.82) is 0 Å². The Morgan fingerprint density at radius 2 is 1.71 bits per heavy atom. The maximum Gasteiger partial charge on any atom is 0.157 e. The Morgan fingerprint density at radius 3 is 2.21 bits per heavy atom. The first-order valence-electron chi connectivity index (χ1n) is 6.05. The van der Waals surface area contributed by atoms with Gasteiger partial charge >= 0.3 is 0 Å². The zero-order valence-corrected chi connectivity index (χ0v) is 9.96. The van der Waals surface area contributed by atoms with Crippen molar-refractivity contribution >= 4 is 0 Å². The molecule has 14 heavy (non-hydrogen) atoms. The minimum Gasteiger partial charge on any atom is -0.368 e. The Hall–Kier alpha value is -0.0800. The van der Waals surface area contributed by atoms with E-state index in [0.29, 0.717) is 12.5 Å². The Bertz CT molecular complexity index is 115. The monoisotopic (exact) mass is 202 g/mol. The summed E-state index contributed by atoms with van der Waals surface area (Å²) >= 11 is 0. The summed E-state index contributed by atoms with van der Waals surface area (Å²) in [6, 6.07) is 0. The van der Waals surface area contributed by atoms with Crippen molar-refractivity contribution in [3.8, 4) is 0 Å². The molecule has 0 heterocycles. The van der Waals surface area contributed by atoms with Gasteiger partial charge in [0.15, 0.2) is 6.29 Å². The molecule has 1 N–H and O–H groups in total. The lowest BCUT2D eigenvalue weighted by Crippen LogP contribution is -2.23. The Balaban J connectivity index is 3.74. The second-order valence-electron chi connectivity index (χ2n) is 3.89. The number of hydrogen-bond acceptors (Lipinski definition) is 2. The van der Waals surface area contributed by atoms with Crippen molar-refractivity contribution in [1.82, 2.24) is 0 Å². The minimum absolute atomic E-state index is 0.339. The van der Waals surface area contributed by atoms with E-state index in [1.54, 1.807) is 0 Å². The van der Waals surface area contributed by atoms with Crippen LogP contribution >= 0.6 is 0 Å². The van der Waals surface area contributed by atoms with Crippen LogP contribution in [-0.4, -0.2) is 18.0 Å². The summed E-state index contributed by atoms with van der Waals surface area (Å²) < 4.78 is 5.24. The molecule has 0 saturated carbocycles. The van der Waals surface area contributed by atoms with Crippen LogP contribution in [0.5, 0.6) is 0 Å². The third-order valence-corrected chi connectivity index (χ3v) is 2.58. The molecule has 0 rings (SSSR count). The van der Waals surface area contributed by atoms with Gasteiger partial charge in [0, 0.05) is 12.5 Å². The molecule has 86 valence electrons. The highest BCUT2D eigenvalue weighted by molar-refractivity contribution is 4.62. The van der Waals surface area contributed by atoms with Crippen LogP contribution in [0.4, 0.5) is 0 Å². The molecule has 0 amide bonds. The molecule has 2 unspecified atom stereocenters. The molecule has 2 nitrogen and oxygen atoms in total. The fourth-order valence-electron chi connectivity index (χ4n) is 1.76. The van der Waals surface area contributed by atoms with Gasteiger partial charge in [-0.05, 0) is 19.8 Å². The van der Waals surface area contributed by atoms with Crippen LogP contribution in [0.2, 0.25) is 0 Å². The van der Waals surface area contributed by atoms with E-state index in [0.717, 1.165) is 19.3 Å². The van der Waals surface area contributed by atoms with E-state index in [2.05, 4.69) is 13.8 Å². The van der Waals surface area contributed by atoms with Gasteiger partial charge in [0.1, 0.15) is 0 Å². The van der Waals surface area contributed by atoms with E-state index in [4.69, 9.17) is 4.74 Å². The zero-order chi connectivity index (χ0) is 10.8. The van der Waals surface area contributed by atoms with E-state index >= 15 is 0 Å². The average Bonchev–Trinajstić information content (AvgIpc) is 2.17. The highest BCUT2D eigenvalue weighted by Crippen LogP contribution is 2.20. The quantitative estimate of drug-likeness (QED) is 0.459. The third-order valence-electron chi connectivity index (χ3n) is 2.58. The van der Waals surface area contributed by atoms with Gasteiger partial charge < -0.3 is 9.84 Å². The second-order valence-corrected chi connectivity index (χ2v) is 3.89. The molecule has 0 fully saturated rings. The van der Waals surface area contributed by atoms with Crippen molar-refractivity contribution in [2.45, 2.75) is 65.6 Å². The summed E-state index contributed by atoms with van der Waals surface area (Å²) in [7, 11) is 0. The van der Waals surface area contributed by atoms with Crippen LogP contribution in [0.1, 0.15) is 59.3 Å². The SMILES string of the molecule is CCCCCC(CCC)C(O)OCC. The number of rotatable bonds is 9. The molecule has 0 spiro atoms. The van der Waals surface area contributed by atoms with Gasteiger partial charge in [-0.1, -0.05) is 39.5 Å². The maximum absolute atomic E-state index is 9.72. The van der Waals surface area contributed by atoms with Crippen molar-refractivity contribution in [3.63, 3.8) is 0 Å². The molecular formula is C12H26O2. The van der Waals surface area contributed by atoms with E-state index in [1.807, 2.05) is 6.92 Å². The lowest BCUT2D eigenvalue weighted by molar-refractivity contribution is -0.134. The Labute approximate surface area is 88.7 Å². The van der Waals surface area contributed by atoms with E-state index in [-0.39, 0.29) is 0 Å². The van der Waals surface area contributed by atoms with E-state index in [1.165, 1.54) is 19.3 Å². The molecule has 0 aromatic rings. The van der Waals surface area contributed by atoms with Gasteiger partial charge in [-0.2, -0.15) is 0 Å². The van der Waals surface area contributed by atoms with Crippen molar-refractivity contribution in [2.24, 2.45) is 5.92 Å². The summed E-state index contributed by atoms with van der Waals surface area (Å²) in [6.07, 6.45) is 6.47. The Kier molecular flexibility index (Phi) is 9.42. The largest absolute Gasteiger partial charge is 0.368 e. The van der Waals surface area contributed by atoms with Gasteiger partial charge in [0.25, 0.3) is 0 Å². The second kappa shape index (κ2) is 9.47. The smallest absolute Gasteiger partial charge is 0.157 e. The molecule has 2 heteroatoms. The molecule has 0 radical (unpaired) electrons. The molecule has 0 aliphatic carbocycles. The third kappa shape index (κ3) is 6.39. The molecule has 0 aliphatic rings. The molecule has 0 aliphatic heterocycles. The van der Waals surface area contributed by atoms with Crippen molar-refractivity contribution in [2.75, 3.05) is 6.61 Å². The molecule has 0 aromatic carbocycles. The topological polar surface area (TPSA) is 29.5 Å². The number of unbranched alkanes of at least 4 members (excludes halogenated alkanes) is 2. The minimum atomic E-state index is -0.545. The van der Waals surface area contributed by atoms with Gasteiger partial charge in [0.05, 0.1) is 0 Å². The Morgan fingerprint density at radius 1 is 1.00 bits per heavy atom. The van der Waals surface area contributed by atoms with Crippen molar-refractivity contribution in [3.05, 3.63) is 0 Å². The molecule has 2 atom stereocenters. The van der Waals surface area contributed by atoms with E-state index < -0.39 is 6.29 Å². The maximum atomic E-state index is 9.72. The highest BCUT2D eigenvalue weighted by atomic mass is 16.6. The van der Waals surface area contributed by atoms with Gasteiger partial charge in [-0.15, -0.1) is 0 Å². The van der Waals surface area contributed by atoms with Crippen LogP contribution in [0.15, 0.2) is 0 Å². The van der Waals surface area contributed by atoms with Gasteiger partial charge in [0.2, 0.25) is 0 Å². The predicted octanol–water partition coefficient (Wildman–Crippen LogP) is 3.34. The standard InChI is InChI=1S/C12H26O2/c1-4-7-8-10-11(9-5-2)12(13)14-6-3/h11-13H,4-10H2,1-3H3. The summed E-state index contributed by atoms with van der Waals surface area (Å²) in [5.41, 5.74) is 0. The van der Waals surface area contributed by atoms with Crippen LogP contribution in [0.3, 0.4) is 0 Å². The fourth-order valence-corrected chi connectivity index (χ4v) is 1.76. The number of ether oxygens (including phenoxy) is 1. The highest BCUT2D eigenvalue weighted by Gasteiger charge is 2.17. The van der Waals surface area contributed by atoms with E-state index in [9.17, 15) is 5.11 Å². The first kappa shape index (κ1) is 13.9. The normalized spacial score (nSPS) is 15.4. The van der Waals surface area contributed by atoms with Crippen LogP contribution < -0.4 is 0 Å². The first-order chi connectivity index (χ1) is 6.76. The predicted molar refractivity (Wildman–Crippen MR) is 60.2 cm³/mol. The molecule has 0 aromatic heterocycles.